The lowest BCUT2D eigenvalue weighted by atomic mass is 9.91. The van der Waals surface area contributed by atoms with Gasteiger partial charge in [0, 0.05) is 19.1 Å². The van der Waals surface area contributed by atoms with Gasteiger partial charge in [0.05, 0.1) is 18.4 Å². The van der Waals surface area contributed by atoms with E-state index in [0.717, 1.165) is 31.5 Å². The number of hydrogen-bond donors (Lipinski definition) is 1. The fraction of sp³-hybridized carbons (Fsp3) is 0.600. The molecule has 1 aliphatic carbocycles. The van der Waals surface area contributed by atoms with Crippen LogP contribution in [0.4, 0.5) is 5.82 Å². The number of carbonyl (C=O) groups excluding carboxylic acids is 1. The number of pyridine rings is 1. The number of methoxy groups -OCH3 is 1. The molecule has 20 heavy (non-hydrogen) atoms. The lowest BCUT2D eigenvalue weighted by Gasteiger charge is -2.34. The minimum Gasteiger partial charge on any atom is -0.465 e. The average molecular weight is 277 g/mol. The average Bonchev–Trinajstić information content (AvgIpc) is 2.46. The molecule has 0 saturated heterocycles. The van der Waals surface area contributed by atoms with Gasteiger partial charge >= 0.3 is 5.97 Å². The Bertz CT molecular complexity index is 482. The smallest absolute Gasteiger partial charge is 0.339 e. The van der Waals surface area contributed by atoms with Crippen LogP contribution in [-0.2, 0) is 4.74 Å². The first-order valence-electron chi connectivity index (χ1n) is 7.07. The number of ether oxygens (including phenoxy) is 1. The van der Waals surface area contributed by atoms with Gasteiger partial charge in [-0.3, -0.25) is 0 Å². The van der Waals surface area contributed by atoms with Crippen LogP contribution in [-0.4, -0.2) is 37.2 Å². The maximum atomic E-state index is 11.6. The molecule has 2 rings (SSSR count). The lowest BCUT2D eigenvalue weighted by molar-refractivity contribution is 0.0599. The highest BCUT2D eigenvalue weighted by Crippen LogP contribution is 2.25. The van der Waals surface area contributed by atoms with Crippen LogP contribution in [0.25, 0.3) is 0 Å². The van der Waals surface area contributed by atoms with Gasteiger partial charge in [-0.25, -0.2) is 9.78 Å². The molecule has 1 fully saturated rings. The third-order valence-corrected chi connectivity index (χ3v) is 4.13. The van der Waals surface area contributed by atoms with Crippen LogP contribution in [0.2, 0.25) is 0 Å². The summed E-state index contributed by atoms with van der Waals surface area (Å²) in [5.41, 5.74) is 7.17. The van der Waals surface area contributed by atoms with Gasteiger partial charge < -0.3 is 15.4 Å². The lowest BCUT2D eigenvalue weighted by Crippen LogP contribution is -2.39. The van der Waals surface area contributed by atoms with E-state index >= 15 is 0 Å². The van der Waals surface area contributed by atoms with Gasteiger partial charge in [0.1, 0.15) is 5.82 Å². The minimum atomic E-state index is -0.340. The number of nitrogens with zero attached hydrogens (tertiary/aromatic N) is 2. The summed E-state index contributed by atoms with van der Waals surface area (Å²) in [6.07, 6.45) is 4.32. The molecule has 0 aromatic carbocycles. The molecule has 2 N–H and O–H groups in total. The van der Waals surface area contributed by atoms with Crippen molar-refractivity contribution in [2.24, 2.45) is 5.73 Å². The van der Waals surface area contributed by atoms with Crippen LogP contribution in [0.1, 0.15) is 41.7 Å². The van der Waals surface area contributed by atoms with Crippen molar-refractivity contribution in [2.45, 2.75) is 44.7 Å². The molecule has 0 unspecified atom stereocenters. The Morgan fingerprint density at radius 2 is 2.00 bits per heavy atom. The predicted molar refractivity (Wildman–Crippen MR) is 78.9 cm³/mol. The first-order chi connectivity index (χ1) is 9.52. The predicted octanol–water partition coefficient (Wildman–Crippen LogP) is 1.88. The maximum Gasteiger partial charge on any atom is 0.339 e. The molecule has 0 aliphatic heterocycles. The van der Waals surface area contributed by atoms with Crippen LogP contribution in [0.5, 0.6) is 0 Å². The minimum absolute atomic E-state index is 0.340. The van der Waals surface area contributed by atoms with Crippen molar-refractivity contribution in [2.75, 3.05) is 19.1 Å². The number of nitrogens with two attached hydrogens (primary N) is 1. The zero-order chi connectivity index (χ0) is 14.7. The highest BCUT2D eigenvalue weighted by Gasteiger charge is 2.23. The molecule has 5 heteroatoms. The molecule has 1 aromatic heterocycles. The summed E-state index contributed by atoms with van der Waals surface area (Å²) >= 11 is 0. The largest absolute Gasteiger partial charge is 0.465 e. The summed E-state index contributed by atoms with van der Waals surface area (Å²) in [4.78, 5) is 18.3. The van der Waals surface area contributed by atoms with E-state index in [0.29, 0.717) is 23.3 Å². The molecule has 1 heterocycles. The SMILES string of the molecule is COC(=O)c1ccc(N(C)C2CCC(N)CC2)nc1C. The number of esters is 1. The van der Waals surface area contributed by atoms with E-state index in [2.05, 4.69) is 16.9 Å². The van der Waals surface area contributed by atoms with Crippen molar-refractivity contribution in [3.05, 3.63) is 23.4 Å². The third kappa shape index (κ3) is 3.10. The molecule has 5 nitrogen and oxygen atoms in total. The van der Waals surface area contributed by atoms with Gasteiger partial charge in [-0.1, -0.05) is 0 Å². The summed E-state index contributed by atoms with van der Waals surface area (Å²) in [7, 11) is 3.44. The van der Waals surface area contributed by atoms with E-state index in [-0.39, 0.29) is 5.97 Å². The van der Waals surface area contributed by atoms with Crippen molar-refractivity contribution in [1.82, 2.24) is 4.98 Å². The van der Waals surface area contributed by atoms with Crippen LogP contribution in [0.3, 0.4) is 0 Å². The van der Waals surface area contributed by atoms with Gasteiger partial charge in [0.15, 0.2) is 0 Å². The first kappa shape index (κ1) is 14.8. The highest BCUT2D eigenvalue weighted by molar-refractivity contribution is 5.90. The van der Waals surface area contributed by atoms with E-state index in [1.54, 1.807) is 6.07 Å². The number of carbonyl (C=O) groups is 1. The maximum absolute atomic E-state index is 11.6. The second kappa shape index (κ2) is 6.22. The van der Waals surface area contributed by atoms with Crippen LogP contribution >= 0.6 is 0 Å². The molecule has 110 valence electrons. The quantitative estimate of drug-likeness (QED) is 0.854. The molecule has 1 aromatic rings. The summed E-state index contributed by atoms with van der Waals surface area (Å²) in [5.74, 6) is 0.559. The Morgan fingerprint density at radius 3 is 2.55 bits per heavy atom. The summed E-state index contributed by atoms with van der Waals surface area (Å²) in [5, 5.41) is 0. The van der Waals surface area contributed by atoms with E-state index in [4.69, 9.17) is 10.5 Å². The summed E-state index contributed by atoms with van der Waals surface area (Å²) < 4.78 is 4.74. The fourth-order valence-corrected chi connectivity index (χ4v) is 2.75. The normalized spacial score (nSPS) is 22.4. The summed E-state index contributed by atoms with van der Waals surface area (Å²) in [6, 6.07) is 4.49. The van der Waals surface area contributed by atoms with E-state index in [9.17, 15) is 4.79 Å². The van der Waals surface area contributed by atoms with Gasteiger partial charge in [0.25, 0.3) is 0 Å². The Labute approximate surface area is 120 Å². The molecule has 0 amide bonds. The Kier molecular flexibility index (Phi) is 4.60. The van der Waals surface area contributed by atoms with Crippen LogP contribution < -0.4 is 10.6 Å². The number of aromatic nitrogens is 1. The van der Waals surface area contributed by atoms with Crippen molar-refractivity contribution >= 4 is 11.8 Å². The topological polar surface area (TPSA) is 68.5 Å². The van der Waals surface area contributed by atoms with E-state index < -0.39 is 0 Å². The number of aryl methyl sites for hydroxylation is 1. The van der Waals surface area contributed by atoms with Gasteiger partial charge in [-0.05, 0) is 44.7 Å². The number of rotatable bonds is 3. The number of anilines is 1. The molecule has 1 aliphatic rings. The third-order valence-electron chi connectivity index (χ3n) is 4.13. The van der Waals surface area contributed by atoms with Crippen LogP contribution in [0.15, 0.2) is 12.1 Å². The van der Waals surface area contributed by atoms with Gasteiger partial charge in [0.2, 0.25) is 0 Å². The molecular formula is C15H23N3O2. The standard InChI is InChI=1S/C15H23N3O2/c1-10-13(15(19)20-3)8-9-14(17-10)18(2)12-6-4-11(16)5-7-12/h8-9,11-12H,4-7,16H2,1-3H3. The van der Waals surface area contributed by atoms with Crippen molar-refractivity contribution in [3.8, 4) is 0 Å². The highest BCUT2D eigenvalue weighted by atomic mass is 16.5. The van der Waals surface area contributed by atoms with Gasteiger partial charge in [-0.15, -0.1) is 0 Å². The Morgan fingerprint density at radius 1 is 1.35 bits per heavy atom. The summed E-state index contributed by atoms with van der Waals surface area (Å²) in [6.45, 7) is 1.83. The number of hydrogen-bond acceptors (Lipinski definition) is 5. The van der Waals surface area contributed by atoms with Crippen molar-refractivity contribution in [1.29, 1.82) is 0 Å². The van der Waals surface area contributed by atoms with Gasteiger partial charge in [-0.2, -0.15) is 0 Å². The Hall–Kier alpha value is -1.62. The van der Waals surface area contributed by atoms with E-state index in [1.807, 2.05) is 13.0 Å². The zero-order valence-electron chi connectivity index (χ0n) is 12.4. The second-order valence-electron chi connectivity index (χ2n) is 5.47. The monoisotopic (exact) mass is 277 g/mol. The molecule has 0 bridgehead atoms. The van der Waals surface area contributed by atoms with Crippen molar-refractivity contribution in [3.63, 3.8) is 0 Å². The Balaban J connectivity index is 2.12. The van der Waals surface area contributed by atoms with Crippen LogP contribution in [0, 0.1) is 6.92 Å². The van der Waals surface area contributed by atoms with E-state index in [1.165, 1.54) is 7.11 Å². The van der Waals surface area contributed by atoms with Crippen molar-refractivity contribution < 1.29 is 9.53 Å². The molecule has 0 radical (unpaired) electrons. The molecule has 0 atom stereocenters. The fourth-order valence-electron chi connectivity index (χ4n) is 2.75. The molecule has 1 saturated carbocycles. The molecule has 0 spiro atoms. The first-order valence-corrected chi connectivity index (χ1v) is 7.07. The zero-order valence-corrected chi connectivity index (χ0v) is 12.4. The molecular weight excluding hydrogens is 254 g/mol. The second-order valence-corrected chi connectivity index (χ2v) is 5.47.